The molecule has 2 aliphatic heterocycles. The van der Waals surface area contributed by atoms with Crippen LogP contribution in [-0.4, -0.2) is 59.3 Å². The van der Waals surface area contributed by atoms with E-state index in [1.807, 2.05) is 18.2 Å². The molecule has 0 spiro atoms. The summed E-state index contributed by atoms with van der Waals surface area (Å²) in [7, 11) is 0. The molecule has 3 heterocycles. The van der Waals surface area contributed by atoms with E-state index >= 15 is 0 Å². The zero-order valence-electron chi connectivity index (χ0n) is 20.2. The molecule has 2 aliphatic rings. The summed E-state index contributed by atoms with van der Waals surface area (Å²) in [5.41, 5.74) is 1.75. The van der Waals surface area contributed by atoms with Crippen molar-refractivity contribution in [2.24, 2.45) is 0 Å². The van der Waals surface area contributed by atoms with Gasteiger partial charge in [-0.05, 0) is 87.2 Å². The molecule has 2 fully saturated rings. The van der Waals surface area contributed by atoms with Gasteiger partial charge >= 0.3 is 5.97 Å². The number of carboxylic acid groups (broad SMARTS) is 1. The zero-order chi connectivity index (χ0) is 25.1. The van der Waals surface area contributed by atoms with E-state index in [4.69, 9.17) is 38.0 Å². The second-order valence-corrected chi connectivity index (χ2v) is 11.7. The van der Waals surface area contributed by atoms with Gasteiger partial charge in [-0.25, -0.2) is 4.98 Å². The van der Waals surface area contributed by atoms with E-state index in [2.05, 4.69) is 9.80 Å². The number of hydrogen-bond donors (Lipinski definition) is 1. The Balaban J connectivity index is 1.27. The Bertz CT molecular complexity index is 1220. The third-order valence-corrected chi connectivity index (χ3v) is 8.99. The number of nitrogens with zero attached hydrogens (tertiary/aromatic N) is 3. The van der Waals surface area contributed by atoms with Crippen molar-refractivity contribution in [3.05, 3.63) is 52.0 Å². The maximum absolute atomic E-state index is 11.1. The Morgan fingerprint density at radius 2 is 1.81 bits per heavy atom. The number of halogens is 2. The van der Waals surface area contributed by atoms with Crippen LogP contribution in [0.3, 0.4) is 0 Å². The minimum atomic E-state index is -0.879. The van der Waals surface area contributed by atoms with Crippen molar-refractivity contribution in [1.82, 2.24) is 9.88 Å². The minimum absolute atomic E-state index is 0.0670. The molecule has 36 heavy (non-hydrogen) atoms. The lowest BCUT2D eigenvalue weighted by atomic mass is 9.81. The van der Waals surface area contributed by atoms with Gasteiger partial charge in [0.2, 0.25) is 0 Å². The van der Waals surface area contributed by atoms with Crippen LogP contribution in [0, 0.1) is 0 Å². The molecular weight excluding hydrogens is 517 g/mol. The van der Waals surface area contributed by atoms with E-state index in [0.29, 0.717) is 22.9 Å². The first-order valence-corrected chi connectivity index (χ1v) is 14.2. The molecule has 1 aromatic heterocycles. The molecule has 3 aromatic rings. The molecule has 0 saturated carbocycles. The summed E-state index contributed by atoms with van der Waals surface area (Å²) in [4.78, 5) is 21.1. The van der Waals surface area contributed by atoms with Gasteiger partial charge in [0.05, 0.1) is 23.2 Å². The average Bonchev–Trinajstić information content (AvgIpc) is 3.27. The van der Waals surface area contributed by atoms with Gasteiger partial charge in [-0.2, -0.15) is 0 Å². The molecular formula is C27H31Cl2N3O3S. The number of thiazole rings is 1. The lowest BCUT2D eigenvalue weighted by Crippen LogP contribution is -2.57. The number of hydrogen-bond acceptors (Lipinski definition) is 6. The fourth-order valence-electron chi connectivity index (χ4n) is 5.57. The summed E-state index contributed by atoms with van der Waals surface area (Å²) in [6.07, 6.45) is 6.78. The van der Waals surface area contributed by atoms with E-state index in [1.165, 1.54) is 19.3 Å². The van der Waals surface area contributed by atoms with E-state index in [9.17, 15) is 4.79 Å². The Hall–Kier alpha value is -2.06. The van der Waals surface area contributed by atoms with E-state index < -0.39 is 5.97 Å². The number of benzene rings is 2. The van der Waals surface area contributed by atoms with Gasteiger partial charge in [0.1, 0.15) is 5.75 Å². The van der Waals surface area contributed by atoms with Crippen molar-refractivity contribution in [1.29, 1.82) is 0 Å². The maximum Gasteiger partial charge on any atom is 0.307 e. The molecule has 0 radical (unpaired) electrons. The standard InChI is InChI=1S/C27H31Cl2N3O3S/c28-20-4-5-23-24(18-20)36-26(30-23)31-11-6-27(7-12-31,32-9-2-1-3-10-32)8-13-35-22-15-19(16-25(33)34)14-21(29)17-22/h4-5,14-15,17-18H,1-3,6-13,16H2,(H,33,34). The number of anilines is 1. The van der Waals surface area contributed by atoms with Crippen molar-refractivity contribution >= 4 is 55.9 Å². The summed E-state index contributed by atoms with van der Waals surface area (Å²) in [6, 6.07) is 11.1. The van der Waals surface area contributed by atoms with Crippen LogP contribution in [0.2, 0.25) is 10.0 Å². The van der Waals surface area contributed by atoms with Crippen molar-refractivity contribution in [2.75, 3.05) is 37.7 Å². The van der Waals surface area contributed by atoms with Gasteiger partial charge < -0.3 is 14.7 Å². The normalized spacial score (nSPS) is 18.4. The largest absolute Gasteiger partial charge is 0.493 e. The molecule has 6 nitrogen and oxygen atoms in total. The third-order valence-electron chi connectivity index (χ3n) is 7.45. The SMILES string of the molecule is O=C(O)Cc1cc(Cl)cc(OCCC2(N3CCCCC3)CCN(c3nc4ccc(Cl)cc4s3)CC2)c1. The number of likely N-dealkylation sites (tertiary alicyclic amines) is 1. The molecule has 9 heteroatoms. The summed E-state index contributed by atoms with van der Waals surface area (Å²) < 4.78 is 7.28. The highest BCUT2D eigenvalue weighted by Gasteiger charge is 2.40. The van der Waals surface area contributed by atoms with Gasteiger partial charge in [0.15, 0.2) is 5.13 Å². The summed E-state index contributed by atoms with van der Waals surface area (Å²) >= 11 is 14.1. The second kappa shape index (κ2) is 11.1. The summed E-state index contributed by atoms with van der Waals surface area (Å²) in [5, 5.41) is 11.4. The predicted octanol–water partition coefficient (Wildman–Crippen LogP) is 6.52. The molecule has 0 bridgehead atoms. The first-order valence-electron chi connectivity index (χ1n) is 12.6. The third kappa shape index (κ3) is 5.91. The van der Waals surface area contributed by atoms with Gasteiger partial charge in [-0.3, -0.25) is 9.69 Å². The first kappa shape index (κ1) is 25.6. The molecule has 0 unspecified atom stereocenters. The van der Waals surface area contributed by atoms with Crippen molar-refractivity contribution < 1.29 is 14.6 Å². The summed E-state index contributed by atoms with van der Waals surface area (Å²) in [5.74, 6) is -0.242. The second-order valence-electron chi connectivity index (χ2n) is 9.83. The zero-order valence-corrected chi connectivity index (χ0v) is 22.5. The molecule has 2 aromatic carbocycles. The fraction of sp³-hybridized carbons (Fsp3) is 0.481. The quantitative estimate of drug-likeness (QED) is 0.346. The highest BCUT2D eigenvalue weighted by atomic mass is 35.5. The van der Waals surface area contributed by atoms with Crippen LogP contribution in [-0.2, 0) is 11.2 Å². The van der Waals surface area contributed by atoms with E-state index in [-0.39, 0.29) is 12.0 Å². The van der Waals surface area contributed by atoms with Crippen LogP contribution in [0.25, 0.3) is 10.2 Å². The number of fused-ring (bicyclic) bond motifs is 1. The molecule has 192 valence electrons. The number of piperidine rings is 2. The molecule has 1 N–H and O–H groups in total. The average molecular weight is 549 g/mol. The number of rotatable bonds is 8. The molecule has 0 atom stereocenters. The van der Waals surface area contributed by atoms with Crippen molar-refractivity contribution in [2.45, 2.75) is 50.5 Å². The Kier molecular flexibility index (Phi) is 7.91. The van der Waals surface area contributed by atoms with Gasteiger partial charge in [-0.15, -0.1) is 0 Å². The van der Waals surface area contributed by atoms with E-state index in [1.54, 1.807) is 29.5 Å². The van der Waals surface area contributed by atoms with Crippen LogP contribution < -0.4 is 9.64 Å². The minimum Gasteiger partial charge on any atom is -0.493 e. The Morgan fingerprint density at radius 1 is 1.03 bits per heavy atom. The predicted molar refractivity (Wildman–Crippen MR) is 147 cm³/mol. The first-order chi connectivity index (χ1) is 17.4. The van der Waals surface area contributed by atoms with Crippen molar-refractivity contribution in [3.8, 4) is 5.75 Å². The number of carbonyl (C=O) groups is 1. The molecule has 2 saturated heterocycles. The van der Waals surface area contributed by atoms with Gasteiger partial charge in [0, 0.05) is 28.7 Å². The van der Waals surface area contributed by atoms with Crippen molar-refractivity contribution in [3.63, 3.8) is 0 Å². The fourth-order valence-corrected chi connectivity index (χ4v) is 7.11. The number of aromatic nitrogens is 1. The summed E-state index contributed by atoms with van der Waals surface area (Å²) in [6.45, 7) is 4.77. The highest BCUT2D eigenvalue weighted by molar-refractivity contribution is 7.22. The Labute approximate surface area is 225 Å². The molecule has 0 aliphatic carbocycles. The van der Waals surface area contributed by atoms with Crippen LogP contribution >= 0.6 is 34.5 Å². The number of carboxylic acids is 1. The van der Waals surface area contributed by atoms with Crippen LogP contribution in [0.1, 0.15) is 44.1 Å². The monoisotopic (exact) mass is 547 g/mol. The van der Waals surface area contributed by atoms with Gasteiger partial charge in [0.25, 0.3) is 0 Å². The van der Waals surface area contributed by atoms with Crippen LogP contribution in [0.5, 0.6) is 5.75 Å². The lowest BCUT2D eigenvalue weighted by Gasteiger charge is -2.50. The topological polar surface area (TPSA) is 65.9 Å². The maximum atomic E-state index is 11.1. The highest BCUT2D eigenvalue weighted by Crippen LogP contribution is 2.38. The molecule has 5 rings (SSSR count). The lowest BCUT2D eigenvalue weighted by molar-refractivity contribution is -0.136. The van der Waals surface area contributed by atoms with Crippen LogP contribution in [0.15, 0.2) is 36.4 Å². The molecule has 0 amide bonds. The Morgan fingerprint density at radius 3 is 2.56 bits per heavy atom. The number of aliphatic carboxylic acids is 1. The smallest absolute Gasteiger partial charge is 0.307 e. The van der Waals surface area contributed by atoms with Crippen LogP contribution in [0.4, 0.5) is 5.13 Å². The number of ether oxygens (including phenoxy) is 1. The van der Waals surface area contributed by atoms with E-state index in [0.717, 1.165) is 65.8 Å². The van der Waals surface area contributed by atoms with Gasteiger partial charge in [-0.1, -0.05) is 41.0 Å².